The highest BCUT2D eigenvalue weighted by Gasteiger charge is 2.19. The first kappa shape index (κ1) is 18.6. The lowest BCUT2D eigenvalue weighted by molar-refractivity contribution is 0.249. The molecule has 1 aromatic heterocycles. The Balaban J connectivity index is 1.59. The first-order chi connectivity index (χ1) is 12.8. The smallest absolute Gasteiger partial charge is 0.247 e. The first-order valence-electron chi connectivity index (χ1n) is 9.76. The largest absolute Gasteiger partial charge is 0.353 e. The van der Waals surface area contributed by atoms with Crippen LogP contribution < -0.4 is 9.80 Å². The summed E-state index contributed by atoms with van der Waals surface area (Å²) in [6, 6.07) is 10.7. The maximum absolute atomic E-state index is 4.80. The van der Waals surface area contributed by atoms with Gasteiger partial charge >= 0.3 is 0 Å². The fourth-order valence-electron chi connectivity index (χ4n) is 3.40. The molecule has 0 amide bonds. The van der Waals surface area contributed by atoms with Gasteiger partial charge in [0.1, 0.15) is 0 Å². The molecule has 1 aliphatic rings. The molecular formula is C20H30N6. The summed E-state index contributed by atoms with van der Waals surface area (Å²) in [5.74, 6) is 1.71. The minimum absolute atomic E-state index is 0.762. The number of anilines is 2. The molecule has 0 saturated carbocycles. The van der Waals surface area contributed by atoms with Gasteiger partial charge in [0.2, 0.25) is 5.95 Å². The summed E-state index contributed by atoms with van der Waals surface area (Å²) >= 11 is 0. The van der Waals surface area contributed by atoms with Gasteiger partial charge < -0.3 is 9.80 Å². The summed E-state index contributed by atoms with van der Waals surface area (Å²) in [5, 5.41) is 8.49. The Morgan fingerprint density at radius 3 is 2.31 bits per heavy atom. The third-order valence-corrected chi connectivity index (χ3v) is 4.75. The van der Waals surface area contributed by atoms with Crippen molar-refractivity contribution >= 4 is 11.8 Å². The number of nitrogens with zero attached hydrogens (tertiary/aromatic N) is 6. The Hall–Kier alpha value is -2.21. The lowest BCUT2D eigenvalue weighted by atomic mass is 10.2. The Kier molecular flexibility index (Phi) is 6.77. The van der Waals surface area contributed by atoms with E-state index in [0.717, 1.165) is 70.4 Å². The lowest BCUT2D eigenvalue weighted by Gasteiger charge is -2.35. The molecule has 1 aliphatic heterocycles. The van der Waals surface area contributed by atoms with Gasteiger partial charge in [0.05, 0.1) is 6.20 Å². The van der Waals surface area contributed by atoms with Crippen LogP contribution in [0.25, 0.3) is 0 Å². The summed E-state index contributed by atoms with van der Waals surface area (Å²) < 4.78 is 0. The van der Waals surface area contributed by atoms with Crippen molar-refractivity contribution in [2.45, 2.75) is 33.2 Å². The van der Waals surface area contributed by atoms with Crippen LogP contribution >= 0.6 is 0 Å². The maximum atomic E-state index is 4.80. The van der Waals surface area contributed by atoms with Crippen LogP contribution in [0.2, 0.25) is 0 Å². The Morgan fingerprint density at radius 1 is 0.962 bits per heavy atom. The van der Waals surface area contributed by atoms with E-state index in [9.17, 15) is 0 Å². The molecule has 1 fully saturated rings. The summed E-state index contributed by atoms with van der Waals surface area (Å²) in [6.07, 6.45) is 3.98. The molecule has 6 heteroatoms. The van der Waals surface area contributed by atoms with Crippen molar-refractivity contribution < 1.29 is 0 Å². The topological polar surface area (TPSA) is 48.4 Å². The van der Waals surface area contributed by atoms with Crippen molar-refractivity contribution in [2.75, 3.05) is 49.1 Å². The number of rotatable bonds is 8. The van der Waals surface area contributed by atoms with Gasteiger partial charge in [-0.15, -0.1) is 5.10 Å². The van der Waals surface area contributed by atoms with Crippen LogP contribution in [-0.4, -0.2) is 59.3 Å². The van der Waals surface area contributed by atoms with Gasteiger partial charge in [-0.05, 0) is 18.4 Å². The minimum Gasteiger partial charge on any atom is -0.353 e. The van der Waals surface area contributed by atoms with Gasteiger partial charge in [-0.25, -0.2) is 0 Å². The van der Waals surface area contributed by atoms with Gasteiger partial charge in [0.15, 0.2) is 5.82 Å². The van der Waals surface area contributed by atoms with Gasteiger partial charge in [0.25, 0.3) is 0 Å². The fourth-order valence-corrected chi connectivity index (χ4v) is 3.40. The van der Waals surface area contributed by atoms with Crippen molar-refractivity contribution in [1.82, 2.24) is 20.1 Å². The molecule has 3 rings (SSSR count). The Morgan fingerprint density at radius 2 is 1.65 bits per heavy atom. The second-order valence-corrected chi connectivity index (χ2v) is 6.85. The molecule has 0 bridgehead atoms. The van der Waals surface area contributed by atoms with Crippen molar-refractivity contribution in [3.8, 4) is 0 Å². The number of piperazine rings is 1. The highest BCUT2D eigenvalue weighted by Crippen LogP contribution is 2.17. The highest BCUT2D eigenvalue weighted by molar-refractivity contribution is 5.42. The second kappa shape index (κ2) is 9.48. The molecule has 1 saturated heterocycles. The molecule has 2 heterocycles. The predicted octanol–water partition coefficient (Wildman–Crippen LogP) is 2.82. The number of aromatic nitrogens is 3. The molecule has 2 aromatic rings. The van der Waals surface area contributed by atoms with Gasteiger partial charge in [0, 0.05) is 45.8 Å². The summed E-state index contributed by atoms with van der Waals surface area (Å²) in [5.41, 5.74) is 1.38. The molecule has 6 nitrogen and oxygen atoms in total. The van der Waals surface area contributed by atoms with Gasteiger partial charge in [-0.1, -0.05) is 44.2 Å². The predicted molar refractivity (Wildman–Crippen MR) is 107 cm³/mol. The molecule has 0 unspecified atom stereocenters. The van der Waals surface area contributed by atoms with Crippen LogP contribution in [0.1, 0.15) is 32.3 Å². The van der Waals surface area contributed by atoms with Crippen molar-refractivity contribution in [2.24, 2.45) is 0 Å². The molecule has 0 spiro atoms. The third-order valence-electron chi connectivity index (χ3n) is 4.75. The zero-order valence-electron chi connectivity index (χ0n) is 16.0. The van der Waals surface area contributed by atoms with E-state index in [-0.39, 0.29) is 0 Å². The zero-order valence-corrected chi connectivity index (χ0v) is 16.0. The van der Waals surface area contributed by atoms with Crippen LogP contribution in [0.4, 0.5) is 11.8 Å². The van der Waals surface area contributed by atoms with E-state index in [1.165, 1.54) is 5.56 Å². The monoisotopic (exact) mass is 354 g/mol. The minimum atomic E-state index is 0.762. The van der Waals surface area contributed by atoms with Crippen LogP contribution in [0, 0.1) is 0 Å². The van der Waals surface area contributed by atoms with E-state index in [1.807, 2.05) is 0 Å². The van der Waals surface area contributed by atoms with Crippen LogP contribution in [-0.2, 0) is 6.54 Å². The van der Waals surface area contributed by atoms with Crippen molar-refractivity contribution in [1.29, 1.82) is 0 Å². The van der Waals surface area contributed by atoms with Crippen molar-refractivity contribution in [3.63, 3.8) is 0 Å². The van der Waals surface area contributed by atoms with Gasteiger partial charge in [-0.3, -0.25) is 4.90 Å². The Bertz CT molecular complexity index is 648. The standard InChI is InChI=1S/C20H30N6/c1-3-10-26(11-4-2)20-22-19(16-21-23-20)25-14-12-24(13-15-25)17-18-8-6-5-7-9-18/h5-9,16H,3-4,10-15,17H2,1-2H3. The average molecular weight is 355 g/mol. The van der Waals surface area contributed by atoms with Crippen molar-refractivity contribution in [3.05, 3.63) is 42.1 Å². The molecule has 1 aromatic carbocycles. The molecule has 0 N–H and O–H groups in total. The average Bonchev–Trinajstić information content (AvgIpc) is 2.69. The van der Waals surface area contributed by atoms with Crippen LogP contribution in [0.15, 0.2) is 36.5 Å². The number of benzene rings is 1. The number of hydrogen-bond donors (Lipinski definition) is 0. The molecule has 140 valence electrons. The fraction of sp³-hybridized carbons (Fsp3) is 0.550. The third kappa shape index (κ3) is 4.91. The molecule has 0 radical (unpaired) electrons. The zero-order chi connectivity index (χ0) is 18.2. The highest BCUT2D eigenvalue weighted by atomic mass is 15.4. The van der Waals surface area contributed by atoms with Crippen LogP contribution in [0.5, 0.6) is 0 Å². The van der Waals surface area contributed by atoms with E-state index in [2.05, 4.69) is 69.1 Å². The van der Waals surface area contributed by atoms with Gasteiger partial charge in [-0.2, -0.15) is 10.1 Å². The summed E-state index contributed by atoms with van der Waals surface area (Å²) in [4.78, 5) is 11.9. The SMILES string of the molecule is CCCN(CCC)c1nncc(N2CCN(Cc3ccccc3)CC2)n1. The normalized spacial score (nSPS) is 15.2. The quantitative estimate of drug-likeness (QED) is 0.726. The molecule has 0 aliphatic carbocycles. The number of hydrogen-bond acceptors (Lipinski definition) is 6. The van der Waals surface area contributed by atoms with Crippen LogP contribution in [0.3, 0.4) is 0 Å². The summed E-state index contributed by atoms with van der Waals surface area (Å²) in [6.45, 7) is 11.4. The molecule has 26 heavy (non-hydrogen) atoms. The molecule has 0 atom stereocenters. The second-order valence-electron chi connectivity index (χ2n) is 6.85. The van der Waals surface area contributed by atoms with E-state index in [0.29, 0.717) is 0 Å². The summed E-state index contributed by atoms with van der Waals surface area (Å²) in [7, 11) is 0. The lowest BCUT2D eigenvalue weighted by Crippen LogP contribution is -2.46. The molecular weight excluding hydrogens is 324 g/mol. The Labute approximate surface area is 156 Å². The van der Waals surface area contributed by atoms with E-state index < -0.39 is 0 Å². The van der Waals surface area contributed by atoms with E-state index >= 15 is 0 Å². The first-order valence-corrected chi connectivity index (χ1v) is 9.76. The maximum Gasteiger partial charge on any atom is 0.247 e. The van der Waals surface area contributed by atoms with E-state index in [4.69, 9.17) is 4.98 Å². The van der Waals surface area contributed by atoms with E-state index in [1.54, 1.807) is 6.20 Å².